The van der Waals surface area contributed by atoms with Gasteiger partial charge in [-0.15, -0.1) is 0 Å². The summed E-state index contributed by atoms with van der Waals surface area (Å²) in [6, 6.07) is 5.28. The zero-order chi connectivity index (χ0) is 13.1. The molecule has 0 aliphatic heterocycles. The Morgan fingerprint density at radius 3 is 2.83 bits per heavy atom. The van der Waals surface area contributed by atoms with E-state index in [0.717, 1.165) is 5.56 Å². The summed E-state index contributed by atoms with van der Waals surface area (Å²) in [5.74, 6) is -0.514. The van der Waals surface area contributed by atoms with Gasteiger partial charge in [-0.2, -0.15) is 0 Å². The molecule has 1 aromatic carbocycles. The van der Waals surface area contributed by atoms with Gasteiger partial charge in [-0.3, -0.25) is 4.79 Å². The minimum Gasteiger partial charge on any atom is -0.382 e. The molecule has 0 aliphatic carbocycles. The lowest BCUT2D eigenvalue weighted by Gasteiger charge is -2.09. The van der Waals surface area contributed by atoms with Gasteiger partial charge in [-0.25, -0.2) is 4.79 Å². The van der Waals surface area contributed by atoms with Crippen LogP contribution in [-0.4, -0.2) is 33.6 Å². The molecular formula is C11H14N4O3. The van der Waals surface area contributed by atoms with E-state index in [2.05, 4.69) is 15.3 Å². The fraction of sp³-hybridized carbons (Fsp3) is 0.273. The van der Waals surface area contributed by atoms with Gasteiger partial charge < -0.3 is 26.1 Å². The van der Waals surface area contributed by atoms with E-state index < -0.39 is 12.0 Å². The highest BCUT2D eigenvalue weighted by Crippen LogP contribution is 2.09. The molecule has 0 radical (unpaired) electrons. The minimum atomic E-state index is -1.19. The zero-order valence-electron chi connectivity index (χ0n) is 9.56. The number of aromatic nitrogens is 2. The van der Waals surface area contributed by atoms with Gasteiger partial charge in [-0.1, -0.05) is 6.07 Å². The molecule has 0 spiro atoms. The van der Waals surface area contributed by atoms with E-state index in [9.17, 15) is 14.7 Å². The van der Waals surface area contributed by atoms with Crippen molar-refractivity contribution in [2.24, 2.45) is 5.73 Å². The molecule has 0 fully saturated rings. The number of fused-ring (bicyclic) bond motifs is 1. The van der Waals surface area contributed by atoms with Crippen molar-refractivity contribution in [1.82, 2.24) is 15.3 Å². The van der Waals surface area contributed by atoms with Gasteiger partial charge in [0.2, 0.25) is 5.91 Å². The summed E-state index contributed by atoms with van der Waals surface area (Å²) in [5, 5.41) is 11.7. The monoisotopic (exact) mass is 250 g/mol. The maximum absolute atomic E-state index is 11.3. The fourth-order valence-electron chi connectivity index (χ4n) is 1.60. The number of H-pyrrole nitrogens is 2. The first kappa shape index (κ1) is 12.3. The van der Waals surface area contributed by atoms with E-state index >= 15 is 0 Å². The van der Waals surface area contributed by atoms with Gasteiger partial charge in [0.15, 0.2) is 0 Å². The van der Waals surface area contributed by atoms with E-state index in [0.29, 0.717) is 11.0 Å². The molecule has 6 N–H and O–H groups in total. The fourth-order valence-corrected chi connectivity index (χ4v) is 1.60. The number of benzene rings is 1. The summed E-state index contributed by atoms with van der Waals surface area (Å²) < 4.78 is 0. The topological polar surface area (TPSA) is 124 Å². The molecule has 0 aliphatic rings. The normalized spacial score (nSPS) is 12.6. The average Bonchev–Trinajstić information content (AvgIpc) is 2.74. The molecule has 0 saturated heterocycles. The lowest BCUT2D eigenvalue weighted by atomic mass is 10.2. The van der Waals surface area contributed by atoms with Gasteiger partial charge in [-0.05, 0) is 17.7 Å². The zero-order valence-corrected chi connectivity index (χ0v) is 9.56. The summed E-state index contributed by atoms with van der Waals surface area (Å²) in [6.07, 6.45) is -1.19. The Balaban J connectivity index is 2.08. The first-order chi connectivity index (χ1) is 8.60. The molecule has 96 valence electrons. The maximum Gasteiger partial charge on any atom is 0.323 e. The van der Waals surface area contributed by atoms with Crippen LogP contribution >= 0.6 is 0 Å². The molecule has 0 bridgehead atoms. The predicted molar refractivity (Wildman–Crippen MR) is 65.8 cm³/mol. The third kappa shape index (κ3) is 2.58. The van der Waals surface area contributed by atoms with Gasteiger partial charge in [0, 0.05) is 13.1 Å². The molecule has 1 heterocycles. The Kier molecular flexibility index (Phi) is 3.45. The largest absolute Gasteiger partial charge is 0.382 e. The minimum absolute atomic E-state index is 0.115. The Hall–Kier alpha value is -2.12. The summed E-state index contributed by atoms with van der Waals surface area (Å²) in [6.45, 7) is 0.148. The van der Waals surface area contributed by atoms with Crippen LogP contribution in [0.25, 0.3) is 11.0 Å². The van der Waals surface area contributed by atoms with Crippen molar-refractivity contribution in [1.29, 1.82) is 0 Å². The number of aliphatic hydroxyl groups excluding tert-OH is 1. The number of carbonyl (C=O) groups is 1. The van der Waals surface area contributed by atoms with Crippen LogP contribution in [0.2, 0.25) is 0 Å². The SMILES string of the molecule is NCC(O)C(=O)NCc1ccc2[nH]c(=O)[nH]c2c1. The molecule has 1 unspecified atom stereocenters. The van der Waals surface area contributed by atoms with E-state index in [1.165, 1.54) is 0 Å². The molecule has 7 nitrogen and oxygen atoms in total. The molecule has 7 heteroatoms. The van der Waals surface area contributed by atoms with E-state index in [1.807, 2.05) is 0 Å². The predicted octanol–water partition coefficient (Wildman–Crippen LogP) is -1.21. The lowest BCUT2D eigenvalue weighted by Crippen LogP contribution is -2.38. The van der Waals surface area contributed by atoms with Crippen LogP contribution in [-0.2, 0) is 11.3 Å². The first-order valence-corrected chi connectivity index (χ1v) is 5.47. The van der Waals surface area contributed by atoms with Crippen molar-refractivity contribution in [2.45, 2.75) is 12.6 Å². The number of amides is 1. The van der Waals surface area contributed by atoms with Crippen molar-refractivity contribution in [2.75, 3.05) is 6.54 Å². The van der Waals surface area contributed by atoms with Crippen molar-refractivity contribution in [3.63, 3.8) is 0 Å². The summed E-state index contributed by atoms with van der Waals surface area (Å²) in [4.78, 5) is 27.6. The Morgan fingerprint density at radius 2 is 2.11 bits per heavy atom. The smallest absolute Gasteiger partial charge is 0.323 e. The third-order valence-corrected chi connectivity index (χ3v) is 2.57. The van der Waals surface area contributed by atoms with Crippen LogP contribution in [0.4, 0.5) is 0 Å². The Bertz CT molecular complexity index is 616. The highest BCUT2D eigenvalue weighted by molar-refractivity contribution is 5.81. The second-order valence-corrected chi connectivity index (χ2v) is 3.93. The number of hydrogen-bond donors (Lipinski definition) is 5. The first-order valence-electron chi connectivity index (χ1n) is 5.47. The second kappa shape index (κ2) is 5.03. The summed E-state index contributed by atoms with van der Waals surface area (Å²) in [5.41, 5.74) is 7.08. The van der Waals surface area contributed by atoms with Gasteiger partial charge in [0.25, 0.3) is 0 Å². The van der Waals surface area contributed by atoms with Crippen LogP contribution in [0.5, 0.6) is 0 Å². The molecular weight excluding hydrogens is 236 g/mol. The van der Waals surface area contributed by atoms with Crippen LogP contribution < -0.4 is 16.7 Å². The number of hydrogen-bond acceptors (Lipinski definition) is 4. The number of nitrogens with two attached hydrogens (primary N) is 1. The van der Waals surface area contributed by atoms with Crippen molar-refractivity contribution < 1.29 is 9.90 Å². The highest BCUT2D eigenvalue weighted by Gasteiger charge is 2.11. The molecule has 1 amide bonds. The quantitative estimate of drug-likeness (QED) is 0.467. The van der Waals surface area contributed by atoms with Crippen molar-refractivity contribution in [3.05, 3.63) is 34.2 Å². The number of aliphatic hydroxyl groups is 1. The molecule has 1 aromatic heterocycles. The van der Waals surface area contributed by atoms with Crippen LogP contribution in [0.15, 0.2) is 23.0 Å². The van der Waals surface area contributed by atoms with Gasteiger partial charge >= 0.3 is 5.69 Å². The molecule has 2 rings (SSSR count). The van der Waals surface area contributed by atoms with E-state index in [1.54, 1.807) is 18.2 Å². The number of imidazole rings is 1. The summed E-state index contributed by atoms with van der Waals surface area (Å²) in [7, 11) is 0. The number of aromatic amines is 2. The number of nitrogens with one attached hydrogen (secondary N) is 3. The number of rotatable bonds is 4. The van der Waals surface area contributed by atoms with Crippen LogP contribution in [0, 0.1) is 0 Å². The van der Waals surface area contributed by atoms with Crippen molar-refractivity contribution in [3.8, 4) is 0 Å². The van der Waals surface area contributed by atoms with Gasteiger partial charge in [0.05, 0.1) is 11.0 Å². The third-order valence-electron chi connectivity index (χ3n) is 2.57. The Labute approximate surface area is 102 Å². The number of carbonyl (C=O) groups excluding carboxylic acids is 1. The molecule has 0 saturated carbocycles. The highest BCUT2D eigenvalue weighted by atomic mass is 16.3. The van der Waals surface area contributed by atoms with Crippen molar-refractivity contribution >= 4 is 16.9 Å². The second-order valence-electron chi connectivity index (χ2n) is 3.93. The maximum atomic E-state index is 11.3. The summed E-state index contributed by atoms with van der Waals surface area (Å²) >= 11 is 0. The molecule has 18 heavy (non-hydrogen) atoms. The van der Waals surface area contributed by atoms with E-state index in [-0.39, 0.29) is 18.8 Å². The van der Waals surface area contributed by atoms with Crippen LogP contribution in [0.3, 0.4) is 0 Å². The molecule has 1 atom stereocenters. The Morgan fingerprint density at radius 1 is 1.39 bits per heavy atom. The standard InChI is InChI=1S/C11H14N4O3/c12-4-9(16)10(17)13-5-6-1-2-7-8(3-6)15-11(18)14-7/h1-3,9,16H,4-5,12H2,(H,13,17)(H2,14,15,18). The van der Waals surface area contributed by atoms with Gasteiger partial charge in [0.1, 0.15) is 6.10 Å². The lowest BCUT2D eigenvalue weighted by molar-refractivity contribution is -0.128. The van der Waals surface area contributed by atoms with E-state index in [4.69, 9.17) is 5.73 Å². The van der Waals surface area contributed by atoms with Crippen LogP contribution in [0.1, 0.15) is 5.56 Å². The average molecular weight is 250 g/mol. The molecule has 2 aromatic rings.